The summed E-state index contributed by atoms with van der Waals surface area (Å²) in [5.74, 6) is 2.37. The minimum absolute atomic E-state index is 0.111. The summed E-state index contributed by atoms with van der Waals surface area (Å²) in [7, 11) is 0. The molecule has 4 heteroatoms. The van der Waals surface area contributed by atoms with E-state index >= 15 is 0 Å². The first-order valence-electron chi connectivity index (χ1n) is 5.31. The van der Waals surface area contributed by atoms with Gasteiger partial charge in [0.05, 0.1) is 6.04 Å². The fraction of sp³-hybridized carbons (Fsp3) is 0.800. The quantitative estimate of drug-likeness (QED) is 0.798. The second kappa shape index (κ2) is 3.69. The minimum Gasteiger partial charge on any atom is -0.338 e. The van der Waals surface area contributed by atoms with Crippen molar-refractivity contribution in [3.8, 4) is 0 Å². The largest absolute Gasteiger partial charge is 0.338 e. The predicted octanol–water partition coefficient (Wildman–Crippen LogP) is 1.99. The summed E-state index contributed by atoms with van der Waals surface area (Å²) in [5, 5.41) is 3.95. The van der Waals surface area contributed by atoms with Crippen molar-refractivity contribution in [2.75, 3.05) is 0 Å². The summed E-state index contributed by atoms with van der Waals surface area (Å²) < 4.78 is 5.16. The fourth-order valence-corrected chi connectivity index (χ4v) is 1.39. The van der Waals surface area contributed by atoms with Crippen LogP contribution in [0.3, 0.4) is 0 Å². The maximum atomic E-state index is 5.99. The lowest BCUT2D eigenvalue weighted by Gasteiger charge is -2.12. The average Bonchev–Trinajstić information content (AvgIpc) is 2.94. The van der Waals surface area contributed by atoms with Crippen LogP contribution in [0.4, 0.5) is 0 Å². The van der Waals surface area contributed by atoms with E-state index in [1.807, 2.05) is 0 Å². The topological polar surface area (TPSA) is 64.9 Å². The Hall–Kier alpha value is -0.900. The minimum atomic E-state index is -0.111. The monoisotopic (exact) mass is 195 g/mol. The second-order valence-corrected chi connectivity index (χ2v) is 4.18. The van der Waals surface area contributed by atoms with E-state index in [4.69, 9.17) is 10.3 Å². The maximum absolute atomic E-state index is 5.99. The first kappa shape index (κ1) is 9.65. The molecule has 14 heavy (non-hydrogen) atoms. The molecule has 0 aliphatic heterocycles. The van der Waals surface area contributed by atoms with E-state index in [2.05, 4.69) is 24.0 Å². The molecule has 1 aromatic rings. The highest BCUT2D eigenvalue weighted by Gasteiger charge is 2.30. The van der Waals surface area contributed by atoms with E-state index < -0.39 is 0 Å². The van der Waals surface area contributed by atoms with E-state index in [1.54, 1.807) is 0 Å². The van der Waals surface area contributed by atoms with Gasteiger partial charge < -0.3 is 10.3 Å². The molecule has 1 heterocycles. The molecule has 4 nitrogen and oxygen atoms in total. The van der Waals surface area contributed by atoms with Crippen LogP contribution in [0.1, 0.15) is 56.8 Å². The van der Waals surface area contributed by atoms with Gasteiger partial charge in [-0.05, 0) is 18.8 Å². The third-order valence-corrected chi connectivity index (χ3v) is 2.94. The zero-order valence-corrected chi connectivity index (χ0v) is 8.73. The van der Waals surface area contributed by atoms with E-state index in [-0.39, 0.29) is 6.04 Å². The van der Waals surface area contributed by atoms with E-state index in [9.17, 15) is 0 Å². The Bertz CT molecular complexity index is 306. The van der Waals surface area contributed by atoms with Crippen molar-refractivity contribution in [2.45, 2.75) is 45.1 Å². The summed E-state index contributed by atoms with van der Waals surface area (Å²) in [6.45, 7) is 4.22. The van der Waals surface area contributed by atoms with E-state index in [0.717, 1.165) is 12.2 Å². The third kappa shape index (κ3) is 1.80. The molecule has 0 spiro atoms. The molecule has 0 saturated heterocycles. The lowest BCUT2D eigenvalue weighted by Crippen LogP contribution is -2.18. The molecule has 2 atom stereocenters. The van der Waals surface area contributed by atoms with Gasteiger partial charge in [0, 0.05) is 5.92 Å². The van der Waals surface area contributed by atoms with E-state index in [1.165, 1.54) is 12.8 Å². The maximum Gasteiger partial charge on any atom is 0.243 e. The Morgan fingerprint density at radius 3 is 2.86 bits per heavy atom. The van der Waals surface area contributed by atoms with Crippen LogP contribution < -0.4 is 5.73 Å². The lowest BCUT2D eigenvalue weighted by atomic mass is 10.0. The van der Waals surface area contributed by atoms with Gasteiger partial charge in [0.1, 0.15) is 0 Å². The van der Waals surface area contributed by atoms with Crippen molar-refractivity contribution >= 4 is 0 Å². The Kier molecular flexibility index (Phi) is 2.54. The zero-order valence-electron chi connectivity index (χ0n) is 8.73. The predicted molar refractivity (Wildman–Crippen MR) is 52.7 cm³/mol. The summed E-state index contributed by atoms with van der Waals surface area (Å²) in [5.41, 5.74) is 5.99. The molecule has 78 valence electrons. The Labute approximate surface area is 83.9 Å². The molecule has 2 rings (SSSR count). The van der Waals surface area contributed by atoms with Crippen LogP contribution in [0.15, 0.2) is 4.52 Å². The van der Waals surface area contributed by atoms with Crippen LogP contribution >= 0.6 is 0 Å². The number of nitrogens with two attached hydrogens (primary N) is 1. The fourth-order valence-electron chi connectivity index (χ4n) is 1.39. The molecule has 1 saturated carbocycles. The second-order valence-electron chi connectivity index (χ2n) is 4.18. The average molecular weight is 195 g/mol. The van der Waals surface area contributed by atoms with Crippen LogP contribution in [0.2, 0.25) is 0 Å². The molecule has 2 N–H and O–H groups in total. The molecule has 1 aliphatic rings. The smallest absolute Gasteiger partial charge is 0.243 e. The van der Waals surface area contributed by atoms with Gasteiger partial charge in [-0.15, -0.1) is 0 Å². The van der Waals surface area contributed by atoms with Gasteiger partial charge in [-0.25, -0.2) is 0 Å². The zero-order chi connectivity index (χ0) is 10.1. The normalized spacial score (nSPS) is 20.8. The molecule has 1 fully saturated rings. The summed E-state index contributed by atoms with van der Waals surface area (Å²) in [4.78, 5) is 4.34. The Balaban J connectivity index is 2.07. The molecule has 0 amide bonds. The molecule has 0 radical (unpaired) electrons. The SMILES string of the molecule is CCC(C)C(N)c1nc(C2CC2)no1. The number of aromatic nitrogens is 2. The summed E-state index contributed by atoms with van der Waals surface area (Å²) in [6.07, 6.45) is 3.41. The van der Waals surface area contributed by atoms with Crippen LogP contribution in [0, 0.1) is 5.92 Å². The first-order chi connectivity index (χ1) is 6.72. The van der Waals surface area contributed by atoms with Gasteiger partial charge in [0.25, 0.3) is 0 Å². The highest BCUT2D eigenvalue weighted by molar-refractivity contribution is 5.04. The van der Waals surface area contributed by atoms with Gasteiger partial charge >= 0.3 is 0 Å². The lowest BCUT2D eigenvalue weighted by molar-refractivity contribution is 0.310. The molecule has 0 bridgehead atoms. The number of rotatable bonds is 4. The molecular weight excluding hydrogens is 178 g/mol. The molecule has 1 aromatic heterocycles. The van der Waals surface area contributed by atoms with Crippen LogP contribution in [0.25, 0.3) is 0 Å². The summed E-state index contributed by atoms with van der Waals surface area (Å²) in [6, 6.07) is -0.111. The van der Waals surface area contributed by atoms with Gasteiger partial charge in [0.15, 0.2) is 5.82 Å². The number of nitrogens with zero attached hydrogens (tertiary/aromatic N) is 2. The van der Waals surface area contributed by atoms with Crippen molar-refractivity contribution in [3.05, 3.63) is 11.7 Å². The van der Waals surface area contributed by atoms with Crippen LogP contribution in [-0.4, -0.2) is 10.1 Å². The Morgan fingerprint density at radius 2 is 2.29 bits per heavy atom. The van der Waals surface area contributed by atoms with Crippen molar-refractivity contribution in [1.82, 2.24) is 10.1 Å². The van der Waals surface area contributed by atoms with Crippen molar-refractivity contribution < 1.29 is 4.52 Å². The van der Waals surface area contributed by atoms with Crippen LogP contribution in [-0.2, 0) is 0 Å². The third-order valence-electron chi connectivity index (χ3n) is 2.94. The van der Waals surface area contributed by atoms with Crippen LogP contribution in [0.5, 0.6) is 0 Å². The van der Waals surface area contributed by atoms with Gasteiger partial charge in [0.2, 0.25) is 5.89 Å². The van der Waals surface area contributed by atoms with Crippen molar-refractivity contribution in [1.29, 1.82) is 0 Å². The van der Waals surface area contributed by atoms with Gasteiger partial charge in [-0.3, -0.25) is 0 Å². The molecule has 0 aromatic carbocycles. The van der Waals surface area contributed by atoms with Gasteiger partial charge in [-0.1, -0.05) is 25.4 Å². The van der Waals surface area contributed by atoms with Gasteiger partial charge in [-0.2, -0.15) is 4.98 Å². The highest BCUT2D eigenvalue weighted by atomic mass is 16.5. The van der Waals surface area contributed by atoms with Crippen molar-refractivity contribution in [2.24, 2.45) is 11.7 Å². The standard InChI is InChI=1S/C10H17N3O/c1-3-6(2)8(11)10-12-9(13-14-10)7-4-5-7/h6-8H,3-5,11H2,1-2H3. The Morgan fingerprint density at radius 1 is 1.57 bits per heavy atom. The molecular formula is C10H17N3O. The van der Waals surface area contributed by atoms with Crippen molar-refractivity contribution in [3.63, 3.8) is 0 Å². The number of hydrogen-bond acceptors (Lipinski definition) is 4. The molecule has 2 unspecified atom stereocenters. The molecule has 1 aliphatic carbocycles. The first-order valence-corrected chi connectivity index (χ1v) is 5.31. The summed E-state index contributed by atoms with van der Waals surface area (Å²) >= 11 is 0. The number of hydrogen-bond donors (Lipinski definition) is 1. The van der Waals surface area contributed by atoms with E-state index in [0.29, 0.717) is 17.7 Å². The highest BCUT2D eigenvalue weighted by Crippen LogP contribution is 2.38.